The molecule has 5 nitrogen and oxygen atoms in total. The summed E-state index contributed by atoms with van der Waals surface area (Å²) in [6.07, 6.45) is 0. The Labute approximate surface area is 92.9 Å². The van der Waals surface area contributed by atoms with Gasteiger partial charge in [0, 0.05) is 0 Å². The molecule has 0 amide bonds. The Hall–Kier alpha value is 0.620. The average molecular weight is 206 g/mol. The fraction of sp³-hybridized carbons (Fsp3) is 0.800. The van der Waals surface area contributed by atoms with E-state index in [2.05, 4.69) is 4.74 Å². The molecule has 0 aliphatic rings. The molecular weight excluding hydrogens is 194 g/mol. The molecule has 0 bridgehead atoms. The van der Waals surface area contributed by atoms with Crippen LogP contribution >= 0.6 is 7.60 Å². The van der Waals surface area contributed by atoms with Crippen LogP contribution < -0.4 is 0 Å². The van der Waals surface area contributed by atoms with E-state index in [1.165, 1.54) is 0 Å². The van der Waals surface area contributed by atoms with Crippen LogP contribution in [0.2, 0.25) is 0 Å². The third-order valence-corrected chi connectivity index (χ3v) is 3.05. The summed E-state index contributed by atoms with van der Waals surface area (Å²) in [5.41, 5.74) is 0. The zero-order valence-corrected chi connectivity index (χ0v) is 7.46. The standard InChI is InChI=1S/C5H11O5P.Na.H/c1-5(2,4(6)10-3)11(7,8)9;;/h1-3H3,(H2,7,8,9);;. The Morgan fingerprint density at radius 2 is 1.75 bits per heavy atom. The fourth-order valence-electron chi connectivity index (χ4n) is 0.369. The zero-order valence-electron chi connectivity index (χ0n) is 6.57. The van der Waals surface area contributed by atoms with Crippen LogP contribution in [0, 0.1) is 0 Å². The van der Waals surface area contributed by atoms with Gasteiger partial charge in [0.2, 0.25) is 0 Å². The number of rotatable bonds is 2. The van der Waals surface area contributed by atoms with E-state index in [0.29, 0.717) is 0 Å². The van der Waals surface area contributed by atoms with Crippen LogP contribution in [-0.4, -0.2) is 57.6 Å². The summed E-state index contributed by atoms with van der Waals surface area (Å²) in [6, 6.07) is 0. The topological polar surface area (TPSA) is 83.8 Å². The predicted molar refractivity (Wildman–Crippen MR) is 45.3 cm³/mol. The second-order valence-corrected chi connectivity index (χ2v) is 4.80. The number of hydrogen-bond donors (Lipinski definition) is 2. The van der Waals surface area contributed by atoms with E-state index in [0.717, 1.165) is 21.0 Å². The third-order valence-electron chi connectivity index (χ3n) is 1.41. The predicted octanol–water partition coefficient (Wildman–Crippen LogP) is -0.533. The van der Waals surface area contributed by atoms with E-state index in [-0.39, 0.29) is 29.6 Å². The van der Waals surface area contributed by atoms with Gasteiger partial charge < -0.3 is 14.5 Å². The van der Waals surface area contributed by atoms with Crippen molar-refractivity contribution in [3.63, 3.8) is 0 Å². The van der Waals surface area contributed by atoms with Crippen LogP contribution in [0.15, 0.2) is 0 Å². The molecule has 0 radical (unpaired) electrons. The van der Waals surface area contributed by atoms with E-state index in [1.807, 2.05) is 0 Å². The van der Waals surface area contributed by atoms with Crippen molar-refractivity contribution in [2.45, 2.75) is 19.0 Å². The maximum atomic E-state index is 10.8. The number of esters is 1. The minimum atomic E-state index is -4.42. The van der Waals surface area contributed by atoms with Gasteiger partial charge in [-0.15, -0.1) is 0 Å². The minimum absolute atomic E-state index is 0. The molecule has 0 saturated heterocycles. The van der Waals surface area contributed by atoms with Crippen molar-refractivity contribution in [1.82, 2.24) is 0 Å². The monoisotopic (exact) mass is 206 g/mol. The number of methoxy groups -OCH3 is 1. The number of carbonyl (C=O) groups excluding carboxylic acids is 1. The molecule has 0 fully saturated rings. The summed E-state index contributed by atoms with van der Waals surface area (Å²) in [5.74, 6) is -0.911. The van der Waals surface area contributed by atoms with Crippen LogP contribution in [0.25, 0.3) is 0 Å². The average Bonchev–Trinajstić information content (AvgIpc) is 1.83. The van der Waals surface area contributed by atoms with Crippen LogP contribution in [-0.2, 0) is 14.1 Å². The Bertz CT molecular complexity index is 208. The molecule has 0 aromatic heterocycles. The molecule has 0 aliphatic carbocycles. The molecular formula is C5H12NaO5P. The Morgan fingerprint density at radius 3 is 1.83 bits per heavy atom. The van der Waals surface area contributed by atoms with Crippen molar-refractivity contribution < 1.29 is 23.9 Å². The van der Waals surface area contributed by atoms with Crippen molar-refractivity contribution in [2.24, 2.45) is 0 Å². The van der Waals surface area contributed by atoms with Gasteiger partial charge >= 0.3 is 43.1 Å². The van der Waals surface area contributed by atoms with Gasteiger partial charge in [-0.1, -0.05) is 0 Å². The summed E-state index contributed by atoms with van der Waals surface area (Å²) >= 11 is 0. The van der Waals surface area contributed by atoms with Crippen molar-refractivity contribution in [2.75, 3.05) is 7.11 Å². The molecule has 0 rings (SSSR count). The second kappa shape index (κ2) is 4.74. The molecule has 2 N–H and O–H groups in total. The SMILES string of the molecule is COC(=O)C(C)(C)P(=O)(O)O.[NaH]. The maximum absolute atomic E-state index is 10.8. The van der Waals surface area contributed by atoms with Crippen molar-refractivity contribution in [3.8, 4) is 0 Å². The number of hydrogen-bond acceptors (Lipinski definition) is 3. The van der Waals surface area contributed by atoms with Gasteiger partial charge in [-0.05, 0) is 13.8 Å². The van der Waals surface area contributed by atoms with Gasteiger partial charge in [0.05, 0.1) is 7.11 Å². The van der Waals surface area contributed by atoms with E-state index in [9.17, 15) is 9.36 Å². The molecule has 0 aromatic rings. The molecule has 0 aliphatic heterocycles. The molecule has 7 heteroatoms. The van der Waals surface area contributed by atoms with Crippen LogP contribution in [0.4, 0.5) is 0 Å². The molecule has 0 aromatic carbocycles. The third kappa shape index (κ3) is 3.17. The quantitative estimate of drug-likeness (QED) is 0.360. The molecule has 0 unspecified atom stereocenters. The molecule has 0 atom stereocenters. The van der Waals surface area contributed by atoms with E-state index in [4.69, 9.17) is 9.79 Å². The Morgan fingerprint density at radius 1 is 1.42 bits per heavy atom. The van der Waals surface area contributed by atoms with Gasteiger partial charge in [0.15, 0.2) is 5.16 Å². The van der Waals surface area contributed by atoms with Gasteiger partial charge in [0.1, 0.15) is 0 Å². The van der Waals surface area contributed by atoms with Crippen molar-refractivity contribution in [1.29, 1.82) is 0 Å². The molecule has 12 heavy (non-hydrogen) atoms. The summed E-state index contributed by atoms with van der Waals surface area (Å²) in [6.45, 7) is 2.28. The second-order valence-electron chi connectivity index (χ2n) is 2.59. The first-order chi connectivity index (χ1) is 4.73. The van der Waals surface area contributed by atoms with E-state index < -0.39 is 18.7 Å². The van der Waals surface area contributed by atoms with Crippen molar-refractivity contribution in [3.05, 3.63) is 0 Å². The van der Waals surface area contributed by atoms with Gasteiger partial charge in [-0.3, -0.25) is 9.36 Å². The normalized spacial score (nSPS) is 11.8. The van der Waals surface area contributed by atoms with Gasteiger partial charge in [-0.25, -0.2) is 0 Å². The first-order valence-electron chi connectivity index (χ1n) is 2.87. The van der Waals surface area contributed by atoms with Crippen LogP contribution in [0.1, 0.15) is 13.8 Å². The molecule has 0 spiro atoms. The van der Waals surface area contributed by atoms with Gasteiger partial charge in [-0.2, -0.15) is 0 Å². The Kier molecular flexibility index (Phi) is 5.97. The first-order valence-corrected chi connectivity index (χ1v) is 4.49. The first kappa shape index (κ1) is 15.1. The summed E-state index contributed by atoms with van der Waals surface area (Å²) in [4.78, 5) is 28.1. The molecule has 0 saturated carbocycles. The number of carbonyl (C=O) groups is 1. The molecule has 0 heterocycles. The van der Waals surface area contributed by atoms with Crippen LogP contribution in [0.3, 0.4) is 0 Å². The number of ether oxygens (including phenoxy) is 1. The van der Waals surface area contributed by atoms with E-state index in [1.54, 1.807) is 0 Å². The fourth-order valence-corrected chi connectivity index (χ4v) is 0.698. The Balaban J connectivity index is 0. The van der Waals surface area contributed by atoms with Gasteiger partial charge in [0.25, 0.3) is 0 Å². The summed E-state index contributed by atoms with van der Waals surface area (Å²) < 4.78 is 14.9. The van der Waals surface area contributed by atoms with Crippen molar-refractivity contribution >= 4 is 43.1 Å². The molecule has 68 valence electrons. The summed E-state index contributed by atoms with van der Waals surface area (Å²) in [7, 11) is -3.33. The van der Waals surface area contributed by atoms with Crippen LogP contribution in [0.5, 0.6) is 0 Å². The van der Waals surface area contributed by atoms with E-state index >= 15 is 0 Å². The summed E-state index contributed by atoms with van der Waals surface area (Å²) in [5, 5.41) is -1.75. The zero-order chi connectivity index (χ0) is 9.28.